The summed E-state index contributed by atoms with van der Waals surface area (Å²) in [5.74, 6) is 0.939. The maximum absolute atomic E-state index is 12.6. The van der Waals surface area contributed by atoms with E-state index in [1.165, 1.54) is 6.42 Å². The summed E-state index contributed by atoms with van der Waals surface area (Å²) in [5, 5.41) is 0. The molecule has 0 aromatic carbocycles. The third-order valence-corrected chi connectivity index (χ3v) is 4.12. The predicted octanol–water partition coefficient (Wildman–Crippen LogP) is 1.26. The van der Waals surface area contributed by atoms with Crippen molar-refractivity contribution >= 4 is 5.91 Å². The van der Waals surface area contributed by atoms with Gasteiger partial charge in [0.1, 0.15) is 0 Å². The van der Waals surface area contributed by atoms with Crippen molar-refractivity contribution in [2.75, 3.05) is 47.1 Å². The van der Waals surface area contributed by atoms with Crippen LogP contribution in [-0.4, -0.2) is 57.9 Å². The molecule has 1 amide bonds. The van der Waals surface area contributed by atoms with Crippen LogP contribution in [0.3, 0.4) is 0 Å². The van der Waals surface area contributed by atoms with Crippen molar-refractivity contribution in [2.24, 2.45) is 17.6 Å². The van der Waals surface area contributed by atoms with Crippen LogP contribution in [0.15, 0.2) is 0 Å². The van der Waals surface area contributed by atoms with Gasteiger partial charge in [0, 0.05) is 39.8 Å². The van der Waals surface area contributed by atoms with Crippen LogP contribution in [0.2, 0.25) is 0 Å². The van der Waals surface area contributed by atoms with Crippen LogP contribution in [0.1, 0.15) is 32.1 Å². The van der Waals surface area contributed by atoms with Gasteiger partial charge in [0.15, 0.2) is 0 Å². The Balaban J connectivity index is 2.51. The first-order valence-corrected chi connectivity index (χ1v) is 7.69. The highest BCUT2D eigenvalue weighted by atomic mass is 16.5. The molecule has 20 heavy (non-hydrogen) atoms. The van der Waals surface area contributed by atoms with E-state index in [0.29, 0.717) is 32.2 Å². The Kier molecular flexibility index (Phi) is 8.82. The average molecular weight is 286 g/mol. The van der Waals surface area contributed by atoms with Crippen LogP contribution >= 0.6 is 0 Å². The third-order valence-electron chi connectivity index (χ3n) is 4.12. The SMILES string of the molecule is COCCCN(CCOC)C(=O)C1CCCC(CN)C1. The van der Waals surface area contributed by atoms with Crippen LogP contribution in [0.4, 0.5) is 0 Å². The van der Waals surface area contributed by atoms with Gasteiger partial charge < -0.3 is 20.1 Å². The maximum Gasteiger partial charge on any atom is 0.225 e. The van der Waals surface area contributed by atoms with E-state index in [4.69, 9.17) is 15.2 Å². The van der Waals surface area contributed by atoms with E-state index in [9.17, 15) is 4.79 Å². The summed E-state index contributed by atoms with van der Waals surface area (Å²) in [7, 11) is 3.36. The van der Waals surface area contributed by atoms with E-state index in [0.717, 1.165) is 32.2 Å². The van der Waals surface area contributed by atoms with E-state index in [2.05, 4.69) is 0 Å². The first-order valence-electron chi connectivity index (χ1n) is 7.69. The molecule has 0 radical (unpaired) electrons. The van der Waals surface area contributed by atoms with Crippen LogP contribution < -0.4 is 5.73 Å². The summed E-state index contributed by atoms with van der Waals surface area (Å²) in [6.07, 6.45) is 5.11. The summed E-state index contributed by atoms with van der Waals surface area (Å²) in [5.41, 5.74) is 5.76. The lowest BCUT2D eigenvalue weighted by atomic mass is 9.80. The van der Waals surface area contributed by atoms with Crippen molar-refractivity contribution in [2.45, 2.75) is 32.1 Å². The molecular weight excluding hydrogens is 256 g/mol. The van der Waals surface area contributed by atoms with Gasteiger partial charge in [-0.05, 0) is 38.1 Å². The highest BCUT2D eigenvalue weighted by Gasteiger charge is 2.29. The van der Waals surface area contributed by atoms with Crippen molar-refractivity contribution in [1.29, 1.82) is 0 Å². The summed E-state index contributed by atoms with van der Waals surface area (Å²) in [6.45, 7) is 3.40. The second kappa shape index (κ2) is 10.1. The number of hydrogen-bond acceptors (Lipinski definition) is 4. The predicted molar refractivity (Wildman–Crippen MR) is 79.5 cm³/mol. The molecule has 1 rings (SSSR count). The molecule has 0 aliphatic heterocycles. The molecule has 0 bridgehead atoms. The van der Waals surface area contributed by atoms with Crippen molar-refractivity contribution in [3.8, 4) is 0 Å². The monoisotopic (exact) mass is 286 g/mol. The second-order valence-corrected chi connectivity index (χ2v) is 5.63. The normalized spacial score (nSPS) is 22.8. The number of hydrogen-bond donors (Lipinski definition) is 1. The molecule has 0 heterocycles. The molecule has 1 saturated carbocycles. The van der Waals surface area contributed by atoms with Gasteiger partial charge in [-0.15, -0.1) is 0 Å². The van der Waals surface area contributed by atoms with E-state index < -0.39 is 0 Å². The number of nitrogens with zero attached hydrogens (tertiary/aromatic N) is 1. The zero-order valence-corrected chi connectivity index (χ0v) is 13.0. The number of carbonyl (C=O) groups is 1. The lowest BCUT2D eigenvalue weighted by Crippen LogP contribution is -2.41. The van der Waals surface area contributed by atoms with Crippen LogP contribution in [0, 0.1) is 11.8 Å². The molecule has 2 atom stereocenters. The van der Waals surface area contributed by atoms with Gasteiger partial charge in [-0.25, -0.2) is 0 Å². The molecule has 0 spiro atoms. The van der Waals surface area contributed by atoms with Crippen LogP contribution in [0.5, 0.6) is 0 Å². The Morgan fingerprint density at radius 3 is 2.60 bits per heavy atom. The van der Waals surface area contributed by atoms with E-state index in [-0.39, 0.29) is 11.8 Å². The summed E-state index contributed by atoms with van der Waals surface area (Å²) < 4.78 is 10.2. The second-order valence-electron chi connectivity index (χ2n) is 5.63. The minimum absolute atomic E-state index is 0.150. The van der Waals surface area contributed by atoms with Crippen molar-refractivity contribution in [3.63, 3.8) is 0 Å². The molecule has 0 saturated heterocycles. The number of carbonyl (C=O) groups excluding carboxylic acids is 1. The lowest BCUT2D eigenvalue weighted by molar-refractivity contribution is -0.138. The smallest absolute Gasteiger partial charge is 0.225 e. The van der Waals surface area contributed by atoms with Gasteiger partial charge in [0.2, 0.25) is 5.91 Å². The van der Waals surface area contributed by atoms with E-state index >= 15 is 0 Å². The summed E-state index contributed by atoms with van der Waals surface area (Å²) in [4.78, 5) is 14.6. The Labute approximate surface area is 122 Å². The first-order chi connectivity index (χ1) is 9.72. The molecule has 2 unspecified atom stereocenters. The first kappa shape index (κ1) is 17.4. The fourth-order valence-corrected chi connectivity index (χ4v) is 2.92. The molecule has 1 aliphatic carbocycles. The molecule has 2 N–H and O–H groups in total. The Hall–Kier alpha value is -0.650. The standard InChI is InChI=1S/C15H30N2O3/c1-19-9-4-7-17(8-10-20-2)15(18)14-6-3-5-13(11-14)12-16/h13-14H,3-12,16H2,1-2H3. The summed E-state index contributed by atoms with van der Waals surface area (Å²) >= 11 is 0. The topological polar surface area (TPSA) is 64.8 Å². The Morgan fingerprint density at radius 1 is 1.20 bits per heavy atom. The number of rotatable bonds is 9. The fraction of sp³-hybridized carbons (Fsp3) is 0.933. The molecule has 1 aliphatic rings. The van der Waals surface area contributed by atoms with Gasteiger partial charge in [-0.1, -0.05) is 6.42 Å². The summed E-state index contributed by atoms with van der Waals surface area (Å²) in [6, 6.07) is 0. The van der Waals surface area contributed by atoms with Crippen molar-refractivity contribution in [3.05, 3.63) is 0 Å². The molecular formula is C15H30N2O3. The highest BCUT2D eigenvalue weighted by Crippen LogP contribution is 2.29. The van der Waals surface area contributed by atoms with E-state index in [1.54, 1.807) is 14.2 Å². The number of nitrogens with two attached hydrogens (primary N) is 1. The number of amides is 1. The minimum atomic E-state index is 0.150. The quantitative estimate of drug-likeness (QED) is 0.648. The average Bonchev–Trinajstić information content (AvgIpc) is 2.50. The number of methoxy groups -OCH3 is 2. The molecule has 1 fully saturated rings. The van der Waals surface area contributed by atoms with Gasteiger partial charge in [0.05, 0.1) is 6.61 Å². The van der Waals surface area contributed by atoms with Crippen LogP contribution in [0.25, 0.3) is 0 Å². The Bertz CT molecular complexity index is 274. The van der Waals surface area contributed by atoms with Crippen molar-refractivity contribution < 1.29 is 14.3 Å². The minimum Gasteiger partial charge on any atom is -0.385 e. The molecule has 5 nitrogen and oxygen atoms in total. The maximum atomic E-state index is 12.6. The van der Waals surface area contributed by atoms with Crippen LogP contribution in [-0.2, 0) is 14.3 Å². The van der Waals surface area contributed by atoms with E-state index in [1.807, 2.05) is 4.90 Å². The molecule has 0 aromatic heterocycles. The zero-order valence-electron chi connectivity index (χ0n) is 13.0. The van der Waals surface area contributed by atoms with Gasteiger partial charge in [0.25, 0.3) is 0 Å². The molecule has 0 aromatic rings. The van der Waals surface area contributed by atoms with Gasteiger partial charge >= 0.3 is 0 Å². The molecule has 118 valence electrons. The number of ether oxygens (including phenoxy) is 2. The largest absolute Gasteiger partial charge is 0.385 e. The van der Waals surface area contributed by atoms with Gasteiger partial charge in [-0.3, -0.25) is 4.79 Å². The zero-order chi connectivity index (χ0) is 14.8. The van der Waals surface area contributed by atoms with Gasteiger partial charge in [-0.2, -0.15) is 0 Å². The lowest BCUT2D eigenvalue weighted by Gasteiger charge is -2.32. The van der Waals surface area contributed by atoms with Crippen molar-refractivity contribution in [1.82, 2.24) is 4.90 Å². The third kappa shape index (κ3) is 5.77. The Morgan fingerprint density at radius 2 is 1.95 bits per heavy atom. The fourth-order valence-electron chi connectivity index (χ4n) is 2.92. The molecule has 5 heteroatoms. The highest BCUT2D eigenvalue weighted by molar-refractivity contribution is 5.79.